The second kappa shape index (κ2) is 4.63. The van der Waals surface area contributed by atoms with Crippen LogP contribution in [0.2, 0.25) is 0 Å². The highest BCUT2D eigenvalue weighted by atomic mass is 79.9. The number of halogens is 1. The van der Waals surface area contributed by atoms with Gasteiger partial charge in [0.05, 0.1) is 5.56 Å². The molecule has 0 saturated carbocycles. The molecule has 0 atom stereocenters. The third-order valence-electron chi connectivity index (χ3n) is 3.09. The average Bonchev–Trinajstić information content (AvgIpc) is 2.74. The van der Waals surface area contributed by atoms with Crippen molar-refractivity contribution in [1.82, 2.24) is 9.97 Å². The van der Waals surface area contributed by atoms with E-state index in [-0.39, 0.29) is 5.78 Å². The lowest BCUT2D eigenvalue weighted by Crippen LogP contribution is -2.03. The fourth-order valence-electron chi connectivity index (χ4n) is 2.25. The van der Waals surface area contributed by atoms with Gasteiger partial charge in [-0.05, 0) is 35.0 Å². The van der Waals surface area contributed by atoms with Crippen LogP contribution in [0, 0.1) is 6.92 Å². The van der Waals surface area contributed by atoms with Crippen molar-refractivity contribution in [2.75, 3.05) is 0 Å². The summed E-state index contributed by atoms with van der Waals surface area (Å²) in [6, 6.07) is 9.60. The van der Waals surface area contributed by atoms with Gasteiger partial charge in [0, 0.05) is 39.0 Å². The number of H-pyrrole nitrogens is 1. The van der Waals surface area contributed by atoms with E-state index in [0.717, 1.165) is 26.6 Å². The summed E-state index contributed by atoms with van der Waals surface area (Å²) in [6.45, 7) is 1.92. The molecule has 1 N–H and O–H groups in total. The van der Waals surface area contributed by atoms with E-state index in [4.69, 9.17) is 0 Å². The summed E-state index contributed by atoms with van der Waals surface area (Å²) in [4.78, 5) is 19.9. The van der Waals surface area contributed by atoms with Crippen molar-refractivity contribution in [3.63, 3.8) is 0 Å². The van der Waals surface area contributed by atoms with Gasteiger partial charge in [0.15, 0.2) is 5.78 Å². The van der Waals surface area contributed by atoms with Crippen LogP contribution in [-0.4, -0.2) is 15.8 Å². The third kappa shape index (κ3) is 2.08. The molecule has 0 radical (unpaired) electrons. The van der Waals surface area contributed by atoms with Gasteiger partial charge < -0.3 is 4.98 Å². The topological polar surface area (TPSA) is 45.8 Å². The highest BCUT2D eigenvalue weighted by Crippen LogP contribution is 2.25. The first-order valence-electron chi connectivity index (χ1n) is 5.89. The quantitative estimate of drug-likeness (QED) is 0.730. The van der Waals surface area contributed by atoms with Crippen LogP contribution in [0.15, 0.2) is 47.2 Å². The van der Waals surface area contributed by atoms with Crippen molar-refractivity contribution in [2.45, 2.75) is 6.92 Å². The van der Waals surface area contributed by atoms with Gasteiger partial charge in [-0.25, -0.2) is 0 Å². The molecular formula is C15H11BrN2O. The Balaban J connectivity index is 2.19. The number of nitrogens with zero attached hydrogens (tertiary/aromatic N) is 1. The van der Waals surface area contributed by atoms with E-state index in [1.165, 1.54) is 0 Å². The summed E-state index contributed by atoms with van der Waals surface area (Å²) in [5.74, 6) is -0.0104. The van der Waals surface area contributed by atoms with Crippen molar-refractivity contribution < 1.29 is 4.79 Å². The molecule has 0 fully saturated rings. The molecule has 94 valence electrons. The Labute approximate surface area is 118 Å². The van der Waals surface area contributed by atoms with Crippen LogP contribution >= 0.6 is 15.9 Å². The minimum absolute atomic E-state index is 0.0104. The SMILES string of the molecule is Cc1[nH]c2ccccc2c1C(=O)c1cncc(Br)c1. The number of pyridine rings is 1. The van der Waals surface area contributed by atoms with E-state index >= 15 is 0 Å². The predicted octanol–water partition coefficient (Wildman–Crippen LogP) is 3.86. The smallest absolute Gasteiger partial charge is 0.197 e. The molecule has 19 heavy (non-hydrogen) atoms. The highest BCUT2D eigenvalue weighted by Gasteiger charge is 2.17. The number of carbonyl (C=O) groups is 1. The van der Waals surface area contributed by atoms with Gasteiger partial charge in [0.2, 0.25) is 0 Å². The predicted molar refractivity (Wildman–Crippen MR) is 78.4 cm³/mol. The van der Waals surface area contributed by atoms with Crippen LogP contribution < -0.4 is 0 Å². The minimum Gasteiger partial charge on any atom is -0.358 e. The maximum Gasteiger partial charge on any atom is 0.197 e. The molecular weight excluding hydrogens is 304 g/mol. The molecule has 3 nitrogen and oxygen atoms in total. The van der Waals surface area contributed by atoms with E-state index in [1.54, 1.807) is 18.5 Å². The number of carbonyl (C=O) groups excluding carboxylic acids is 1. The third-order valence-corrected chi connectivity index (χ3v) is 3.52. The Morgan fingerprint density at radius 1 is 1.26 bits per heavy atom. The summed E-state index contributed by atoms with van der Waals surface area (Å²) in [5.41, 5.74) is 3.16. The largest absolute Gasteiger partial charge is 0.358 e. The Morgan fingerprint density at radius 3 is 2.84 bits per heavy atom. The number of hydrogen-bond donors (Lipinski definition) is 1. The summed E-state index contributed by atoms with van der Waals surface area (Å²) >= 11 is 3.34. The normalized spacial score (nSPS) is 10.8. The first-order chi connectivity index (χ1) is 9.16. The molecule has 0 bridgehead atoms. The number of ketones is 1. The van der Waals surface area contributed by atoms with Gasteiger partial charge in [-0.1, -0.05) is 18.2 Å². The molecule has 0 unspecified atom stereocenters. The molecule has 0 saturated heterocycles. The lowest BCUT2D eigenvalue weighted by atomic mass is 10.0. The van der Waals surface area contributed by atoms with E-state index in [9.17, 15) is 4.79 Å². The second-order valence-electron chi connectivity index (χ2n) is 4.39. The zero-order chi connectivity index (χ0) is 13.4. The Bertz CT molecular complexity index is 777. The number of benzene rings is 1. The molecule has 3 aromatic rings. The van der Waals surface area contributed by atoms with Crippen molar-refractivity contribution >= 4 is 32.6 Å². The van der Waals surface area contributed by atoms with Crippen molar-refractivity contribution in [3.05, 3.63) is 64.0 Å². The van der Waals surface area contributed by atoms with Gasteiger partial charge in [-0.15, -0.1) is 0 Å². The molecule has 3 rings (SSSR count). The Kier molecular flexibility index (Phi) is 2.95. The lowest BCUT2D eigenvalue weighted by Gasteiger charge is -2.01. The molecule has 2 aromatic heterocycles. The van der Waals surface area contributed by atoms with Crippen LogP contribution in [0.25, 0.3) is 10.9 Å². The minimum atomic E-state index is -0.0104. The maximum absolute atomic E-state index is 12.6. The zero-order valence-corrected chi connectivity index (χ0v) is 11.9. The van der Waals surface area contributed by atoms with Crippen LogP contribution in [-0.2, 0) is 0 Å². The average molecular weight is 315 g/mol. The summed E-state index contributed by atoms with van der Waals surface area (Å²) in [5, 5.41) is 0.949. The summed E-state index contributed by atoms with van der Waals surface area (Å²) in [6.07, 6.45) is 3.26. The molecule has 4 heteroatoms. The monoisotopic (exact) mass is 314 g/mol. The fourth-order valence-corrected chi connectivity index (χ4v) is 2.61. The van der Waals surface area contributed by atoms with Crippen molar-refractivity contribution in [1.29, 1.82) is 0 Å². The highest BCUT2D eigenvalue weighted by molar-refractivity contribution is 9.10. The molecule has 2 heterocycles. The summed E-state index contributed by atoms with van der Waals surface area (Å²) < 4.78 is 0.802. The maximum atomic E-state index is 12.6. The lowest BCUT2D eigenvalue weighted by molar-refractivity contribution is 0.103. The van der Waals surface area contributed by atoms with E-state index < -0.39 is 0 Å². The number of para-hydroxylation sites is 1. The molecule has 0 spiro atoms. The standard InChI is InChI=1S/C15H11BrN2O/c1-9-14(12-4-2-3-5-13(12)18-9)15(19)10-6-11(16)8-17-7-10/h2-8,18H,1H3. The molecule has 0 aliphatic heterocycles. The van der Waals surface area contributed by atoms with Gasteiger partial charge in [-0.3, -0.25) is 9.78 Å². The second-order valence-corrected chi connectivity index (χ2v) is 5.31. The first-order valence-corrected chi connectivity index (χ1v) is 6.68. The van der Waals surface area contributed by atoms with E-state index in [1.807, 2.05) is 31.2 Å². The van der Waals surface area contributed by atoms with E-state index in [0.29, 0.717) is 5.56 Å². The number of hydrogen-bond acceptors (Lipinski definition) is 2. The number of fused-ring (bicyclic) bond motifs is 1. The number of rotatable bonds is 2. The van der Waals surface area contributed by atoms with Crippen molar-refractivity contribution in [3.8, 4) is 0 Å². The number of nitrogens with one attached hydrogen (secondary N) is 1. The molecule has 0 aliphatic rings. The van der Waals surface area contributed by atoms with Gasteiger partial charge in [0.1, 0.15) is 0 Å². The van der Waals surface area contributed by atoms with Crippen LogP contribution in [0.1, 0.15) is 21.6 Å². The van der Waals surface area contributed by atoms with Crippen LogP contribution in [0.5, 0.6) is 0 Å². The van der Waals surface area contributed by atoms with Crippen LogP contribution in [0.3, 0.4) is 0 Å². The molecule has 0 amide bonds. The van der Waals surface area contributed by atoms with Gasteiger partial charge >= 0.3 is 0 Å². The number of aromatic amines is 1. The number of aromatic nitrogens is 2. The van der Waals surface area contributed by atoms with Crippen molar-refractivity contribution in [2.24, 2.45) is 0 Å². The van der Waals surface area contributed by atoms with E-state index in [2.05, 4.69) is 25.9 Å². The molecule has 1 aromatic carbocycles. The van der Waals surface area contributed by atoms with Gasteiger partial charge in [-0.2, -0.15) is 0 Å². The molecule has 0 aliphatic carbocycles. The van der Waals surface area contributed by atoms with Crippen LogP contribution in [0.4, 0.5) is 0 Å². The Hall–Kier alpha value is -1.94. The number of aryl methyl sites for hydroxylation is 1. The summed E-state index contributed by atoms with van der Waals surface area (Å²) in [7, 11) is 0. The zero-order valence-electron chi connectivity index (χ0n) is 10.3. The fraction of sp³-hybridized carbons (Fsp3) is 0.0667. The van der Waals surface area contributed by atoms with Gasteiger partial charge in [0.25, 0.3) is 0 Å². The first kappa shape index (κ1) is 12.1. The Morgan fingerprint density at radius 2 is 2.05 bits per heavy atom.